The van der Waals surface area contributed by atoms with Gasteiger partial charge in [0.2, 0.25) is 17.7 Å². The number of hydrogen-bond acceptors (Lipinski definition) is 5. The number of rotatable bonds is 4. The average Bonchev–Trinajstić information content (AvgIpc) is 3.32. The van der Waals surface area contributed by atoms with Gasteiger partial charge in [-0.1, -0.05) is 30.4 Å². The molecule has 2 saturated heterocycles. The minimum atomic E-state index is -0.592. The maximum Gasteiger partial charge on any atom is 0.316 e. The van der Waals surface area contributed by atoms with Gasteiger partial charge in [-0.05, 0) is 49.6 Å². The SMILES string of the molecule is Cc1cccc(N2C[C@H](C(=O)Oc3cccc(N4C(=O)[C@H]5CC=CC[C@H]5C4=O)c3)CC2=O)c1. The van der Waals surface area contributed by atoms with Crippen LogP contribution in [0.2, 0.25) is 0 Å². The molecule has 33 heavy (non-hydrogen) atoms. The summed E-state index contributed by atoms with van der Waals surface area (Å²) < 4.78 is 5.56. The van der Waals surface area contributed by atoms with Crippen LogP contribution in [0.3, 0.4) is 0 Å². The van der Waals surface area contributed by atoms with Crippen LogP contribution in [0.5, 0.6) is 5.75 Å². The highest BCUT2D eigenvalue weighted by atomic mass is 16.5. The molecule has 2 fully saturated rings. The van der Waals surface area contributed by atoms with Gasteiger partial charge in [-0.15, -0.1) is 0 Å². The number of allylic oxidation sites excluding steroid dienone is 2. The Kier molecular flexibility index (Phi) is 5.32. The van der Waals surface area contributed by atoms with Gasteiger partial charge in [0.1, 0.15) is 5.75 Å². The van der Waals surface area contributed by atoms with Crippen LogP contribution >= 0.6 is 0 Å². The molecule has 168 valence electrons. The Hall–Kier alpha value is -3.74. The zero-order valence-corrected chi connectivity index (χ0v) is 18.3. The predicted molar refractivity (Wildman–Crippen MR) is 122 cm³/mol. The van der Waals surface area contributed by atoms with Gasteiger partial charge >= 0.3 is 5.97 Å². The van der Waals surface area contributed by atoms with E-state index < -0.39 is 11.9 Å². The Morgan fingerprint density at radius 3 is 2.27 bits per heavy atom. The monoisotopic (exact) mass is 444 g/mol. The van der Waals surface area contributed by atoms with Crippen molar-refractivity contribution in [2.75, 3.05) is 16.3 Å². The van der Waals surface area contributed by atoms with Crippen molar-refractivity contribution in [2.24, 2.45) is 17.8 Å². The molecule has 0 saturated carbocycles. The number of ether oxygens (including phenoxy) is 1. The maximum absolute atomic E-state index is 12.8. The number of esters is 1. The van der Waals surface area contributed by atoms with E-state index >= 15 is 0 Å². The molecule has 3 amide bonds. The summed E-state index contributed by atoms with van der Waals surface area (Å²) >= 11 is 0. The zero-order valence-electron chi connectivity index (χ0n) is 18.3. The second-order valence-electron chi connectivity index (χ2n) is 8.83. The molecule has 0 aromatic heterocycles. The first kappa shape index (κ1) is 21.1. The highest BCUT2D eigenvalue weighted by Crippen LogP contribution is 2.38. The molecule has 2 aromatic carbocycles. The number of carbonyl (C=O) groups excluding carboxylic acids is 4. The number of aryl methyl sites for hydroxylation is 1. The van der Waals surface area contributed by atoms with Crippen molar-refractivity contribution in [3.63, 3.8) is 0 Å². The van der Waals surface area contributed by atoms with Crippen LogP contribution in [-0.2, 0) is 19.2 Å². The van der Waals surface area contributed by atoms with Crippen molar-refractivity contribution in [1.29, 1.82) is 0 Å². The molecule has 1 aliphatic carbocycles. The van der Waals surface area contributed by atoms with E-state index in [-0.39, 0.29) is 48.3 Å². The lowest BCUT2D eigenvalue weighted by atomic mass is 9.85. The quantitative estimate of drug-likeness (QED) is 0.312. The van der Waals surface area contributed by atoms with E-state index in [2.05, 4.69) is 0 Å². The van der Waals surface area contributed by atoms with Crippen molar-refractivity contribution >= 4 is 35.1 Å². The summed E-state index contributed by atoms with van der Waals surface area (Å²) in [5, 5.41) is 0. The largest absolute Gasteiger partial charge is 0.426 e. The van der Waals surface area contributed by atoms with Crippen molar-refractivity contribution in [1.82, 2.24) is 0 Å². The topological polar surface area (TPSA) is 84.0 Å². The number of carbonyl (C=O) groups is 4. The first-order valence-corrected chi connectivity index (χ1v) is 11.1. The van der Waals surface area contributed by atoms with Crippen LogP contribution in [0.4, 0.5) is 11.4 Å². The molecule has 2 heterocycles. The lowest BCUT2D eigenvalue weighted by molar-refractivity contribution is -0.139. The molecule has 7 nitrogen and oxygen atoms in total. The smallest absolute Gasteiger partial charge is 0.316 e. The molecule has 0 N–H and O–H groups in total. The average molecular weight is 444 g/mol. The summed E-state index contributed by atoms with van der Waals surface area (Å²) in [5.41, 5.74) is 2.19. The van der Waals surface area contributed by atoms with E-state index in [0.29, 0.717) is 18.5 Å². The third-order valence-corrected chi connectivity index (χ3v) is 6.57. The highest BCUT2D eigenvalue weighted by Gasteiger charge is 2.48. The molecule has 2 aromatic rings. The van der Waals surface area contributed by atoms with E-state index in [1.807, 2.05) is 43.3 Å². The molecule has 0 bridgehead atoms. The molecule has 3 atom stereocenters. The standard InChI is InChI=1S/C26H24N2O5/c1-16-6-4-7-18(12-16)27-15-17(13-23(27)29)26(32)33-20-9-5-8-19(14-20)28-24(30)21-10-2-3-11-22(21)25(28)31/h2-9,12,14,17,21-22H,10-11,13,15H2,1H3/t17-,21-,22+/m1/s1. The number of hydrogen-bond donors (Lipinski definition) is 0. The molecule has 0 spiro atoms. The first-order valence-electron chi connectivity index (χ1n) is 11.1. The van der Waals surface area contributed by atoms with Crippen molar-refractivity contribution in [3.05, 3.63) is 66.2 Å². The minimum absolute atomic E-state index is 0.0753. The zero-order chi connectivity index (χ0) is 23.1. The van der Waals surface area contributed by atoms with E-state index in [1.165, 1.54) is 11.0 Å². The summed E-state index contributed by atoms with van der Waals surface area (Å²) in [6.07, 6.45) is 5.08. The minimum Gasteiger partial charge on any atom is -0.426 e. The molecular formula is C26H24N2O5. The normalized spacial score (nSPS) is 24.4. The van der Waals surface area contributed by atoms with Crippen LogP contribution in [0.25, 0.3) is 0 Å². The van der Waals surface area contributed by atoms with Crippen LogP contribution in [-0.4, -0.2) is 30.2 Å². The number of benzene rings is 2. The number of amides is 3. The molecule has 0 radical (unpaired) electrons. The Morgan fingerprint density at radius 2 is 1.58 bits per heavy atom. The Labute approximate surface area is 191 Å². The van der Waals surface area contributed by atoms with Gasteiger partial charge in [-0.25, -0.2) is 4.90 Å². The molecule has 5 rings (SSSR count). The van der Waals surface area contributed by atoms with Gasteiger partial charge in [-0.3, -0.25) is 19.2 Å². The highest BCUT2D eigenvalue weighted by molar-refractivity contribution is 6.22. The number of fused-ring (bicyclic) bond motifs is 1. The van der Waals surface area contributed by atoms with Gasteiger partial charge in [0.15, 0.2) is 0 Å². The van der Waals surface area contributed by atoms with Crippen LogP contribution in [0.1, 0.15) is 24.8 Å². The number of nitrogens with zero attached hydrogens (tertiary/aromatic N) is 2. The van der Waals surface area contributed by atoms with Gasteiger partial charge in [0.25, 0.3) is 0 Å². The molecule has 3 aliphatic rings. The summed E-state index contributed by atoms with van der Waals surface area (Å²) in [6, 6.07) is 14.0. The lowest BCUT2D eigenvalue weighted by Gasteiger charge is -2.17. The molecule has 0 unspecified atom stereocenters. The van der Waals surface area contributed by atoms with Crippen molar-refractivity contribution in [2.45, 2.75) is 26.2 Å². The van der Waals surface area contributed by atoms with Crippen molar-refractivity contribution in [3.8, 4) is 5.75 Å². The summed E-state index contributed by atoms with van der Waals surface area (Å²) in [5.74, 6) is -2.07. The summed E-state index contributed by atoms with van der Waals surface area (Å²) in [4.78, 5) is 53.8. The van der Waals surface area contributed by atoms with E-state index in [4.69, 9.17) is 4.74 Å². The number of anilines is 2. The Balaban J connectivity index is 1.29. The molecular weight excluding hydrogens is 420 g/mol. The fourth-order valence-electron chi connectivity index (χ4n) is 4.85. The third kappa shape index (κ3) is 3.84. The predicted octanol–water partition coefficient (Wildman–Crippen LogP) is 3.41. The summed E-state index contributed by atoms with van der Waals surface area (Å²) in [6.45, 7) is 2.20. The Morgan fingerprint density at radius 1 is 0.909 bits per heavy atom. The Bertz CT molecular complexity index is 1160. The third-order valence-electron chi connectivity index (χ3n) is 6.57. The second-order valence-corrected chi connectivity index (χ2v) is 8.83. The van der Waals surface area contributed by atoms with E-state index in [0.717, 1.165) is 11.3 Å². The van der Waals surface area contributed by atoms with Gasteiger partial charge in [-0.2, -0.15) is 0 Å². The lowest BCUT2D eigenvalue weighted by Crippen LogP contribution is -2.31. The van der Waals surface area contributed by atoms with Crippen molar-refractivity contribution < 1.29 is 23.9 Å². The van der Waals surface area contributed by atoms with Gasteiger partial charge in [0, 0.05) is 24.7 Å². The van der Waals surface area contributed by atoms with Gasteiger partial charge < -0.3 is 9.64 Å². The van der Waals surface area contributed by atoms with Gasteiger partial charge in [0.05, 0.1) is 23.4 Å². The van der Waals surface area contributed by atoms with Crippen LogP contribution < -0.4 is 14.5 Å². The second kappa shape index (κ2) is 8.31. The maximum atomic E-state index is 12.8. The van der Waals surface area contributed by atoms with E-state index in [9.17, 15) is 19.2 Å². The fraction of sp³-hybridized carbons (Fsp3) is 0.308. The van der Waals surface area contributed by atoms with E-state index in [1.54, 1.807) is 23.1 Å². The molecule has 2 aliphatic heterocycles. The van der Waals surface area contributed by atoms with Crippen LogP contribution in [0.15, 0.2) is 60.7 Å². The fourth-order valence-corrected chi connectivity index (χ4v) is 4.85. The molecule has 7 heteroatoms. The number of imide groups is 1. The summed E-state index contributed by atoms with van der Waals surface area (Å²) in [7, 11) is 0. The first-order chi connectivity index (χ1) is 15.9. The van der Waals surface area contributed by atoms with Crippen LogP contribution in [0, 0.1) is 24.7 Å².